The van der Waals surface area contributed by atoms with Crippen molar-refractivity contribution in [2.45, 2.75) is 13.8 Å². The van der Waals surface area contributed by atoms with Crippen LogP contribution < -0.4 is 0 Å². The first-order valence-electron chi connectivity index (χ1n) is 3.77. The largest absolute Gasteiger partial charge is 0.461 e. The molecule has 0 unspecified atom stereocenters. The van der Waals surface area contributed by atoms with Gasteiger partial charge in [-0.25, -0.2) is 14.8 Å². The molecule has 0 fully saturated rings. The molecule has 0 aliphatic rings. The molecular weight excluding hydrogens is 227 g/mol. The number of carbonyl (C=O) groups excluding carboxylic acids is 1. The molecule has 6 heteroatoms. The Morgan fingerprint density at radius 2 is 2.07 bits per heavy atom. The highest BCUT2D eigenvalue weighted by molar-refractivity contribution is 6.65. The SMILES string of the molecule is C=NC(Cl)=N/C(C(=O)OCC)=C(\C)Cl. The Hall–Kier alpha value is -0.870. The molecule has 0 aromatic heterocycles. The van der Waals surface area contributed by atoms with E-state index in [4.69, 9.17) is 27.9 Å². The summed E-state index contributed by atoms with van der Waals surface area (Å²) < 4.78 is 4.70. The van der Waals surface area contributed by atoms with E-state index in [0.29, 0.717) is 0 Å². The maximum Gasteiger partial charge on any atom is 0.358 e. The number of hydrogen-bond acceptors (Lipinski definition) is 3. The summed E-state index contributed by atoms with van der Waals surface area (Å²) in [6.45, 7) is 6.57. The van der Waals surface area contributed by atoms with E-state index >= 15 is 0 Å². The molecule has 0 aromatic rings. The molecule has 0 aliphatic carbocycles. The van der Waals surface area contributed by atoms with Crippen molar-refractivity contribution in [2.24, 2.45) is 9.98 Å². The fourth-order valence-electron chi connectivity index (χ4n) is 0.590. The number of ether oxygens (including phenoxy) is 1. The van der Waals surface area contributed by atoms with E-state index in [1.165, 1.54) is 6.92 Å². The van der Waals surface area contributed by atoms with Crippen LogP contribution in [0, 0.1) is 0 Å². The van der Waals surface area contributed by atoms with Gasteiger partial charge in [0.15, 0.2) is 5.70 Å². The Bertz CT molecular complexity index is 294. The lowest BCUT2D eigenvalue weighted by molar-refractivity contribution is -0.138. The fraction of sp³-hybridized carbons (Fsp3) is 0.375. The van der Waals surface area contributed by atoms with E-state index < -0.39 is 5.97 Å². The van der Waals surface area contributed by atoms with Crippen LogP contribution in [0.3, 0.4) is 0 Å². The van der Waals surface area contributed by atoms with Crippen molar-refractivity contribution < 1.29 is 9.53 Å². The second kappa shape index (κ2) is 6.56. The Labute approximate surface area is 92.3 Å². The van der Waals surface area contributed by atoms with Crippen LogP contribution in [0.5, 0.6) is 0 Å². The molecule has 0 aliphatic heterocycles. The van der Waals surface area contributed by atoms with Crippen LogP contribution in [-0.2, 0) is 9.53 Å². The first-order chi connectivity index (χ1) is 6.52. The van der Waals surface area contributed by atoms with E-state index in [2.05, 4.69) is 16.7 Å². The topological polar surface area (TPSA) is 51.0 Å². The molecular formula is C8H10Cl2N2O2. The van der Waals surface area contributed by atoms with Gasteiger partial charge >= 0.3 is 5.97 Å². The Morgan fingerprint density at radius 3 is 2.43 bits per heavy atom. The molecule has 14 heavy (non-hydrogen) atoms. The van der Waals surface area contributed by atoms with Crippen molar-refractivity contribution in [3.63, 3.8) is 0 Å². The van der Waals surface area contributed by atoms with Gasteiger partial charge in [0.25, 0.3) is 0 Å². The number of esters is 1. The third-order valence-corrected chi connectivity index (χ3v) is 1.51. The summed E-state index contributed by atoms with van der Waals surface area (Å²) in [6.07, 6.45) is 0. The molecule has 0 saturated carbocycles. The molecule has 0 heterocycles. The predicted molar refractivity (Wildman–Crippen MR) is 58.0 cm³/mol. The Morgan fingerprint density at radius 1 is 1.50 bits per heavy atom. The number of allylic oxidation sites excluding steroid dienone is 1. The van der Waals surface area contributed by atoms with Crippen LogP contribution in [0.1, 0.15) is 13.8 Å². The lowest BCUT2D eigenvalue weighted by Crippen LogP contribution is -2.07. The first-order valence-corrected chi connectivity index (χ1v) is 4.52. The molecule has 0 atom stereocenters. The molecule has 0 aromatic carbocycles. The van der Waals surface area contributed by atoms with E-state index in [1.54, 1.807) is 6.92 Å². The van der Waals surface area contributed by atoms with E-state index in [9.17, 15) is 4.79 Å². The van der Waals surface area contributed by atoms with Crippen LogP contribution in [0.25, 0.3) is 0 Å². The number of hydrogen-bond donors (Lipinski definition) is 0. The molecule has 0 spiro atoms. The number of aliphatic imine (C=N–C) groups is 2. The van der Waals surface area contributed by atoms with E-state index in [1.807, 2.05) is 0 Å². The Kier molecular flexibility index (Phi) is 6.16. The number of amidine groups is 1. The van der Waals surface area contributed by atoms with E-state index in [0.717, 1.165) is 0 Å². The van der Waals surface area contributed by atoms with Gasteiger partial charge in [0.2, 0.25) is 5.29 Å². The van der Waals surface area contributed by atoms with Gasteiger partial charge in [-0.3, -0.25) is 0 Å². The van der Waals surface area contributed by atoms with Crippen molar-refractivity contribution in [3.8, 4) is 0 Å². The molecule has 0 N–H and O–H groups in total. The molecule has 0 amide bonds. The Balaban J connectivity index is 4.91. The smallest absolute Gasteiger partial charge is 0.358 e. The van der Waals surface area contributed by atoms with Crippen LogP contribution in [0.15, 0.2) is 20.7 Å². The van der Waals surface area contributed by atoms with Crippen molar-refractivity contribution in [1.82, 2.24) is 0 Å². The van der Waals surface area contributed by atoms with Crippen LogP contribution in [0.4, 0.5) is 0 Å². The maximum atomic E-state index is 11.2. The predicted octanol–water partition coefficient (Wildman–Crippen LogP) is 2.32. The van der Waals surface area contributed by atoms with Gasteiger partial charge in [-0.05, 0) is 32.2 Å². The van der Waals surface area contributed by atoms with Crippen molar-refractivity contribution in [1.29, 1.82) is 0 Å². The van der Waals surface area contributed by atoms with Crippen LogP contribution >= 0.6 is 23.2 Å². The molecule has 0 saturated heterocycles. The van der Waals surface area contributed by atoms with Gasteiger partial charge in [0.1, 0.15) is 0 Å². The second-order valence-corrected chi connectivity index (χ2v) is 3.05. The van der Waals surface area contributed by atoms with Gasteiger partial charge in [-0.15, -0.1) is 0 Å². The minimum Gasteiger partial charge on any atom is -0.461 e. The third kappa shape index (κ3) is 4.39. The highest BCUT2D eigenvalue weighted by Crippen LogP contribution is 2.13. The summed E-state index contributed by atoms with van der Waals surface area (Å²) in [6, 6.07) is 0. The standard InChI is InChI=1S/C8H10Cl2N2O2/c1-4-14-7(13)6(5(2)9)12-8(10)11-3/h3-4H2,1-2H3/b6-5+,12-8?. The molecule has 4 nitrogen and oxygen atoms in total. The van der Waals surface area contributed by atoms with Gasteiger partial charge < -0.3 is 4.74 Å². The summed E-state index contributed by atoms with van der Waals surface area (Å²) >= 11 is 11.1. The summed E-state index contributed by atoms with van der Waals surface area (Å²) in [4.78, 5) is 18.2. The summed E-state index contributed by atoms with van der Waals surface area (Å²) in [5, 5.41) is 0.0262. The minimum absolute atomic E-state index is 0.0640. The number of carbonyl (C=O) groups is 1. The number of rotatable bonds is 3. The zero-order valence-electron chi connectivity index (χ0n) is 7.88. The van der Waals surface area contributed by atoms with Crippen molar-refractivity contribution >= 4 is 41.2 Å². The van der Waals surface area contributed by atoms with Gasteiger partial charge in [-0.2, -0.15) is 0 Å². The van der Waals surface area contributed by atoms with Gasteiger partial charge in [0.05, 0.1) is 6.61 Å². The molecule has 0 radical (unpaired) electrons. The van der Waals surface area contributed by atoms with Crippen molar-refractivity contribution in [3.05, 3.63) is 10.7 Å². The van der Waals surface area contributed by atoms with E-state index in [-0.39, 0.29) is 22.6 Å². The third-order valence-electron chi connectivity index (χ3n) is 1.13. The summed E-state index contributed by atoms with van der Waals surface area (Å²) in [5.74, 6) is -0.637. The lowest BCUT2D eigenvalue weighted by Gasteiger charge is -2.02. The van der Waals surface area contributed by atoms with Crippen LogP contribution in [-0.4, -0.2) is 24.6 Å². The first kappa shape index (κ1) is 13.1. The molecule has 0 bridgehead atoms. The average molecular weight is 237 g/mol. The highest BCUT2D eigenvalue weighted by atomic mass is 35.5. The van der Waals surface area contributed by atoms with Crippen molar-refractivity contribution in [2.75, 3.05) is 6.61 Å². The van der Waals surface area contributed by atoms with Gasteiger partial charge in [0, 0.05) is 5.03 Å². The zero-order chi connectivity index (χ0) is 11.1. The summed E-state index contributed by atoms with van der Waals surface area (Å²) in [5.41, 5.74) is -0.0640. The summed E-state index contributed by atoms with van der Waals surface area (Å²) in [7, 11) is 0. The highest BCUT2D eigenvalue weighted by Gasteiger charge is 2.13. The molecule has 78 valence electrons. The number of nitrogens with zero attached hydrogens (tertiary/aromatic N) is 2. The minimum atomic E-state index is -0.637. The average Bonchev–Trinajstić information content (AvgIpc) is 2.13. The van der Waals surface area contributed by atoms with Gasteiger partial charge in [-0.1, -0.05) is 11.6 Å². The maximum absolute atomic E-state index is 11.2. The second-order valence-electron chi connectivity index (χ2n) is 2.14. The normalized spacial score (nSPS) is 13.3. The van der Waals surface area contributed by atoms with Crippen LogP contribution in [0.2, 0.25) is 0 Å². The fourth-order valence-corrected chi connectivity index (χ4v) is 0.794. The lowest BCUT2D eigenvalue weighted by atomic mass is 10.4. The zero-order valence-corrected chi connectivity index (χ0v) is 9.39. The molecule has 0 rings (SSSR count). The monoisotopic (exact) mass is 236 g/mol. The number of halogens is 2. The quantitative estimate of drug-likeness (QED) is 0.248.